The van der Waals surface area contributed by atoms with Crippen LogP contribution < -0.4 is 16.0 Å². The van der Waals surface area contributed by atoms with Crippen molar-refractivity contribution in [3.05, 3.63) is 48.8 Å². The van der Waals surface area contributed by atoms with E-state index in [-0.39, 0.29) is 12.6 Å². The number of nitrogens with one attached hydrogen (secondary N) is 3. The molecule has 0 radical (unpaired) electrons. The van der Waals surface area contributed by atoms with E-state index in [2.05, 4.69) is 25.9 Å². The first-order chi connectivity index (χ1) is 14.7. The molecule has 1 aromatic carbocycles. The minimum atomic E-state index is -0.249. The standard InChI is InChI=1S/C21H24N6O2S/c1-3-23-21(29)25-16-6-4-15(5-7-16)19-26-17(14-8-10-22-11-9-14)18(30-2)20(27-19)24-12-13-28/h4-11,28H,3,12-13H2,1-2H3,(H2,23,25,29)(H,24,26,27). The first-order valence-corrected chi connectivity index (χ1v) is 10.7. The molecular formula is C21H24N6O2S. The molecule has 9 heteroatoms. The van der Waals surface area contributed by atoms with Crippen molar-refractivity contribution in [1.29, 1.82) is 0 Å². The SMILES string of the molecule is CCNC(=O)Nc1ccc(-c2nc(NCCO)c(SC)c(-c3ccncc3)n2)cc1. The van der Waals surface area contributed by atoms with Crippen molar-refractivity contribution in [2.45, 2.75) is 11.8 Å². The lowest BCUT2D eigenvalue weighted by Crippen LogP contribution is -2.28. The van der Waals surface area contributed by atoms with Gasteiger partial charge in [0.05, 0.1) is 17.2 Å². The number of aliphatic hydroxyl groups is 1. The molecule has 3 rings (SSSR count). The summed E-state index contributed by atoms with van der Waals surface area (Å²) in [4.78, 5) is 26.2. The monoisotopic (exact) mass is 424 g/mol. The van der Waals surface area contributed by atoms with Crippen molar-refractivity contribution in [2.24, 2.45) is 0 Å². The third-order valence-electron chi connectivity index (χ3n) is 4.17. The second-order valence-electron chi connectivity index (χ2n) is 6.23. The average molecular weight is 425 g/mol. The van der Waals surface area contributed by atoms with E-state index in [1.807, 2.05) is 49.6 Å². The molecule has 0 fully saturated rings. The summed E-state index contributed by atoms with van der Waals surface area (Å²) in [6.45, 7) is 2.80. The van der Waals surface area contributed by atoms with Crippen molar-refractivity contribution in [1.82, 2.24) is 20.3 Å². The highest BCUT2D eigenvalue weighted by Gasteiger charge is 2.16. The highest BCUT2D eigenvalue weighted by Crippen LogP contribution is 2.35. The maximum atomic E-state index is 11.7. The number of hydrogen-bond acceptors (Lipinski definition) is 7. The summed E-state index contributed by atoms with van der Waals surface area (Å²) in [5, 5.41) is 17.9. The quantitative estimate of drug-likeness (QED) is 0.410. The van der Waals surface area contributed by atoms with Gasteiger partial charge in [-0.3, -0.25) is 4.98 Å². The largest absolute Gasteiger partial charge is 0.395 e. The summed E-state index contributed by atoms with van der Waals surface area (Å²) in [6.07, 6.45) is 5.42. The van der Waals surface area contributed by atoms with Gasteiger partial charge < -0.3 is 21.1 Å². The average Bonchev–Trinajstić information content (AvgIpc) is 2.78. The first-order valence-electron chi connectivity index (χ1n) is 9.52. The van der Waals surface area contributed by atoms with Crippen LogP contribution in [0, 0.1) is 0 Å². The molecule has 0 bridgehead atoms. The van der Waals surface area contributed by atoms with Crippen LogP contribution in [0.2, 0.25) is 0 Å². The lowest BCUT2D eigenvalue weighted by Gasteiger charge is -2.15. The van der Waals surface area contributed by atoms with Gasteiger partial charge >= 0.3 is 6.03 Å². The van der Waals surface area contributed by atoms with E-state index in [1.54, 1.807) is 24.2 Å². The highest BCUT2D eigenvalue weighted by molar-refractivity contribution is 7.98. The number of nitrogens with zero attached hydrogens (tertiary/aromatic N) is 3. The van der Waals surface area contributed by atoms with E-state index < -0.39 is 0 Å². The molecule has 0 aliphatic carbocycles. The number of benzene rings is 1. The van der Waals surface area contributed by atoms with Gasteiger partial charge in [0.15, 0.2) is 5.82 Å². The van der Waals surface area contributed by atoms with E-state index in [1.165, 1.54) is 0 Å². The minimum absolute atomic E-state index is 0.00205. The zero-order valence-electron chi connectivity index (χ0n) is 16.8. The maximum Gasteiger partial charge on any atom is 0.319 e. The Morgan fingerprint density at radius 1 is 1.07 bits per heavy atom. The number of amides is 2. The Hall–Kier alpha value is -3.17. The van der Waals surface area contributed by atoms with Crippen LogP contribution in [-0.4, -0.2) is 52.0 Å². The fourth-order valence-corrected chi connectivity index (χ4v) is 3.48. The van der Waals surface area contributed by atoms with Gasteiger partial charge in [-0.15, -0.1) is 11.8 Å². The van der Waals surface area contributed by atoms with Crippen LogP contribution in [0.4, 0.5) is 16.3 Å². The van der Waals surface area contributed by atoms with E-state index >= 15 is 0 Å². The fraction of sp³-hybridized carbons (Fsp3) is 0.238. The van der Waals surface area contributed by atoms with Crippen LogP contribution >= 0.6 is 11.8 Å². The summed E-state index contributed by atoms with van der Waals surface area (Å²) in [5.41, 5.74) is 3.21. The number of carbonyl (C=O) groups is 1. The van der Waals surface area contributed by atoms with Gasteiger partial charge in [-0.25, -0.2) is 14.8 Å². The van der Waals surface area contributed by atoms with Crippen LogP contribution in [0.25, 0.3) is 22.6 Å². The van der Waals surface area contributed by atoms with Gasteiger partial charge in [0.1, 0.15) is 5.82 Å². The van der Waals surface area contributed by atoms with E-state index in [9.17, 15) is 9.90 Å². The summed E-state index contributed by atoms with van der Waals surface area (Å²) < 4.78 is 0. The number of aliphatic hydroxyl groups excluding tert-OH is 1. The molecule has 2 heterocycles. The number of thioether (sulfide) groups is 1. The van der Waals surface area contributed by atoms with E-state index in [0.29, 0.717) is 30.4 Å². The summed E-state index contributed by atoms with van der Waals surface area (Å²) in [7, 11) is 0. The molecule has 2 aromatic heterocycles. The molecule has 0 saturated heterocycles. The van der Waals surface area contributed by atoms with Gasteiger partial charge in [-0.1, -0.05) is 0 Å². The highest BCUT2D eigenvalue weighted by atomic mass is 32.2. The Morgan fingerprint density at radius 2 is 1.80 bits per heavy atom. The van der Waals surface area contributed by atoms with Crippen LogP contribution in [0.3, 0.4) is 0 Å². The van der Waals surface area contributed by atoms with Gasteiger partial charge in [0.2, 0.25) is 0 Å². The molecule has 156 valence electrons. The van der Waals surface area contributed by atoms with Gasteiger partial charge in [-0.05, 0) is 49.6 Å². The topological polar surface area (TPSA) is 112 Å². The second kappa shape index (κ2) is 10.6. The molecule has 30 heavy (non-hydrogen) atoms. The zero-order valence-corrected chi connectivity index (χ0v) is 17.7. The lowest BCUT2D eigenvalue weighted by atomic mass is 10.1. The van der Waals surface area contributed by atoms with Gasteiger partial charge in [0, 0.05) is 42.3 Å². The Morgan fingerprint density at radius 3 is 2.43 bits per heavy atom. The van der Waals surface area contributed by atoms with Gasteiger partial charge in [-0.2, -0.15) is 0 Å². The third kappa shape index (κ3) is 5.25. The molecule has 3 aromatic rings. The van der Waals surface area contributed by atoms with Gasteiger partial charge in [0.25, 0.3) is 0 Å². The summed E-state index contributed by atoms with van der Waals surface area (Å²) in [6, 6.07) is 10.9. The van der Waals surface area contributed by atoms with Crippen LogP contribution in [-0.2, 0) is 0 Å². The molecule has 2 amide bonds. The number of pyridine rings is 1. The van der Waals surface area contributed by atoms with Crippen molar-refractivity contribution in [3.63, 3.8) is 0 Å². The third-order valence-corrected chi connectivity index (χ3v) is 4.96. The Labute approximate surface area is 179 Å². The number of rotatable bonds is 8. The Balaban J connectivity index is 2.00. The Kier molecular flexibility index (Phi) is 7.58. The lowest BCUT2D eigenvalue weighted by molar-refractivity contribution is 0.252. The smallest absolute Gasteiger partial charge is 0.319 e. The molecule has 4 N–H and O–H groups in total. The molecule has 0 spiro atoms. The summed E-state index contributed by atoms with van der Waals surface area (Å²) >= 11 is 1.54. The van der Waals surface area contributed by atoms with E-state index in [4.69, 9.17) is 4.98 Å². The Bertz CT molecular complexity index is 983. The van der Waals surface area contributed by atoms with Crippen molar-refractivity contribution in [3.8, 4) is 22.6 Å². The van der Waals surface area contributed by atoms with Crippen molar-refractivity contribution in [2.75, 3.05) is 36.6 Å². The molecule has 0 unspecified atom stereocenters. The first kappa shape index (κ1) is 21.5. The maximum absolute atomic E-state index is 11.7. The van der Waals surface area contributed by atoms with Crippen LogP contribution in [0.1, 0.15) is 6.92 Å². The molecule has 0 atom stereocenters. The molecule has 0 aliphatic heterocycles. The van der Waals surface area contributed by atoms with E-state index in [0.717, 1.165) is 21.7 Å². The number of urea groups is 1. The number of carbonyl (C=O) groups excluding carboxylic acids is 1. The zero-order chi connectivity index (χ0) is 21.3. The summed E-state index contributed by atoms with van der Waals surface area (Å²) in [5.74, 6) is 1.21. The van der Waals surface area contributed by atoms with Crippen LogP contribution in [0.15, 0.2) is 53.7 Å². The van der Waals surface area contributed by atoms with Crippen molar-refractivity contribution < 1.29 is 9.90 Å². The fourth-order valence-electron chi connectivity index (χ4n) is 2.81. The molecule has 8 nitrogen and oxygen atoms in total. The molecular weight excluding hydrogens is 400 g/mol. The predicted octanol–water partition coefficient (Wildman–Crippen LogP) is 3.47. The second-order valence-corrected chi connectivity index (χ2v) is 7.04. The molecule has 0 aliphatic rings. The number of anilines is 2. The normalized spacial score (nSPS) is 10.5. The van der Waals surface area contributed by atoms with Crippen molar-refractivity contribution >= 4 is 29.3 Å². The number of aromatic nitrogens is 3. The number of hydrogen-bond donors (Lipinski definition) is 4. The molecule has 0 saturated carbocycles. The minimum Gasteiger partial charge on any atom is -0.395 e. The predicted molar refractivity (Wildman–Crippen MR) is 121 cm³/mol. The van der Waals surface area contributed by atoms with Crippen LogP contribution in [0.5, 0.6) is 0 Å².